The molecule has 0 fully saturated rings. The number of nitrogen functional groups attached to an aromatic ring is 1. The summed E-state index contributed by atoms with van der Waals surface area (Å²) in [6, 6.07) is 10.5. The molecule has 5 nitrogen and oxygen atoms in total. The van der Waals surface area contributed by atoms with E-state index in [0.717, 1.165) is 0 Å². The molecule has 3 rings (SSSR count). The molecule has 0 amide bonds. The fourth-order valence-corrected chi connectivity index (χ4v) is 3.14. The average molecular weight is 306 g/mol. The number of rotatable bonds is 3. The van der Waals surface area contributed by atoms with E-state index in [1.54, 1.807) is 11.3 Å². The van der Waals surface area contributed by atoms with Crippen molar-refractivity contribution < 1.29 is 0 Å². The fraction of sp³-hybridized carbons (Fsp3) is 0.154. The maximum absolute atomic E-state index is 5.76. The SMILES string of the molecule is CC(Nc1nc(N)nc(Cl)n1)c1cc2ccccc2s1. The quantitative estimate of drug-likeness (QED) is 0.774. The van der Waals surface area contributed by atoms with E-state index in [1.807, 2.05) is 19.1 Å². The molecule has 102 valence electrons. The third kappa shape index (κ3) is 2.66. The van der Waals surface area contributed by atoms with E-state index in [-0.39, 0.29) is 17.3 Å². The van der Waals surface area contributed by atoms with Gasteiger partial charge in [-0.3, -0.25) is 0 Å². The second-order valence-electron chi connectivity index (χ2n) is 4.34. The number of anilines is 2. The van der Waals surface area contributed by atoms with Crippen LogP contribution in [0, 0.1) is 0 Å². The number of aromatic nitrogens is 3. The maximum atomic E-state index is 5.76. The summed E-state index contributed by atoms with van der Waals surface area (Å²) < 4.78 is 1.25. The normalized spacial score (nSPS) is 12.5. The van der Waals surface area contributed by atoms with E-state index >= 15 is 0 Å². The summed E-state index contributed by atoms with van der Waals surface area (Å²) in [7, 11) is 0. The van der Waals surface area contributed by atoms with Gasteiger partial charge >= 0.3 is 0 Å². The first-order valence-corrected chi connectivity index (χ1v) is 7.23. The lowest BCUT2D eigenvalue weighted by Crippen LogP contribution is -2.10. The third-order valence-electron chi connectivity index (χ3n) is 2.84. The number of thiophene rings is 1. The van der Waals surface area contributed by atoms with Gasteiger partial charge in [-0.15, -0.1) is 11.3 Å². The van der Waals surface area contributed by atoms with Crippen LogP contribution >= 0.6 is 22.9 Å². The molecule has 7 heteroatoms. The molecular formula is C13H12ClN5S. The van der Waals surface area contributed by atoms with Crippen LogP contribution in [0.25, 0.3) is 10.1 Å². The summed E-state index contributed by atoms with van der Waals surface area (Å²) in [5, 5.41) is 4.50. The van der Waals surface area contributed by atoms with Gasteiger partial charge in [-0.2, -0.15) is 15.0 Å². The van der Waals surface area contributed by atoms with Crippen molar-refractivity contribution in [2.24, 2.45) is 0 Å². The summed E-state index contributed by atoms with van der Waals surface area (Å²) >= 11 is 7.50. The Kier molecular flexibility index (Phi) is 3.42. The second kappa shape index (κ2) is 5.22. The molecule has 0 bridgehead atoms. The topological polar surface area (TPSA) is 76.7 Å². The molecular weight excluding hydrogens is 294 g/mol. The second-order valence-corrected chi connectivity index (χ2v) is 5.79. The molecule has 1 unspecified atom stereocenters. The van der Waals surface area contributed by atoms with Gasteiger partial charge in [0, 0.05) is 9.58 Å². The first-order valence-electron chi connectivity index (χ1n) is 6.04. The predicted molar refractivity (Wildman–Crippen MR) is 83.1 cm³/mol. The van der Waals surface area contributed by atoms with E-state index in [0.29, 0.717) is 5.95 Å². The molecule has 0 radical (unpaired) electrons. The summed E-state index contributed by atoms with van der Waals surface area (Å²) in [5.41, 5.74) is 5.55. The fourth-order valence-electron chi connectivity index (χ4n) is 1.91. The summed E-state index contributed by atoms with van der Waals surface area (Å²) in [5.74, 6) is 0.489. The van der Waals surface area contributed by atoms with E-state index in [4.69, 9.17) is 17.3 Å². The lowest BCUT2D eigenvalue weighted by Gasteiger charge is -2.11. The van der Waals surface area contributed by atoms with Crippen LogP contribution in [-0.4, -0.2) is 15.0 Å². The molecule has 0 aliphatic heterocycles. The molecule has 0 aliphatic rings. The monoisotopic (exact) mass is 305 g/mol. The molecule has 2 aromatic heterocycles. The van der Waals surface area contributed by atoms with Gasteiger partial charge in [0.15, 0.2) is 0 Å². The van der Waals surface area contributed by atoms with Crippen molar-refractivity contribution in [3.8, 4) is 0 Å². The molecule has 3 aromatic rings. The van der Waals surface area contributed by atoms with Gasteiger partial charge in [0.1, 0.15) is 0 Å². The van der Waals surface area contributed by atoms with Gasteiger partial charge in [-0.05, 0) is 36.0 Å². The Morgan fingerprint density at radius 2 is 2.05 bits per heavy atom. The molecule has 0 spiro atoms. The van der Waals surface area contributed by atoms with Crippen LogP contribution in [0.4, 0.5) is 11.9 Å². The molecule has 20 heavy (non-hydrogen) atoms. The van der Waals surface area contributed by atoms with E-state index < -0.39 is 0 Å². The van der Waals surface area contributed by atoms with Gasteiger partial charge in [0.25, 0.3) is 0 Å². The van der Waals surface area contributed by atoms with Crippen LogP contribution in [0.1, 0.15) is 17.8 Å². The van der Waals surface area contributed by atoms with Gasteiger partial charge < -0.3 is 11.1 Å². The highest BCUT2D eigenvalue weighted by atomic mass is 35.5. The van der Waals surface area contributed by atoms with Crippen molar-refractivity contribution in [2.45, 2.75) is 13.0 Å². The summed E-state index contributed by atoms with van der Waals surface area (Å²) in [6.07, 6.45) is 0. The lowest BCUT2D eigenvalue weighted by molar-refractivity contribution is 0.874. The third-order valence-corrected chi connectivity index (χ3v) is 4.31. The minimum atomic E-state index is 0.0604. The first-order chi connectivity index (χ1) is 9.61. The number of benzene rings is 1. The van der Waals surface area contributed by atoms with Crippen molar-refractivity contribution in [2.75, 3.05) is 11.1 Å². The van der Waals surface area contributed by atoms with Crippen molar-refractivity contribution in [1.29, 1.82) is 0 Å². The molecule has 0 saturated carbocycles. The highest BCUT2D eigenvalue weighted by molar-refractivity contribution is 7.19. The van der Waals surface area contributed by atoms with Crippen molar-refractivity contribution in [3.63, 3.8) is 0 Å². The standard InChI is InChI=1S/C13H12ClN5S/c1-7(16-13-18-11(14)17-12(15)19-13)10-6-8-4-2-3-5-9(8)20-10/h2-7H,1H3,(H3,15,16,17,18,19). The smallest absolute Gasteiger partial charge is 0.229 e. The van der Waals surface area contributed by atoms with Crippen LogP contribution in [-0.2, 0) is 0 Å². The maximum Gasteiger partial charge on any atom is 0.229 e. The lowest BCUT2D eigenvalue weighted by atomic mass is 10.2. The van der Waals surface area contributed by atoms with Gasteiger partial charge in [0.2, 0.25) is 17.2 Å². The van der Waals surface area contributed by atoms with Crippen LogP contribution in [0.3, 0.4) is 0 Å². The Balaban J connectivity index is 1.86. The molecule has 1 aromatic carbocycles. The van der Waals surface area contributed by atoms with E-state index in [2.05, 4.69) is 38.5 Å². The Morgan fingerprint density at radius 1 is 1.25 bits per heavy atom. The zero-order chi connectivity index (χ0) is 14.1. The molecule has 0 aliphatic carbocycles. The number of hydrogen-bond acceptors (Lipinski definition) is 6. The number of nitrogens with zero attached hydrogens (tertiary/aromatic N) is 3. The van der Waals surface area contributed by atoms with Crippen LogP contribution in [0.15, 0.2) is 30.3 Å². The van der Waals surface area contributed by atoms with Crippen LogP contribution in [0.2, 0.25) is 5.28 Å². The minimum absolute atomic E-state index is 0.0604. The van der Waals surface area contributed by atoms with Crippen LogP contribution in [0.5, 0.6) is 0 Å². The van der Waals surface area contributed by atoms with E-state index in [1.165, 1.54) is 15.0 Å². The zero-order valence-electron chi connectivity index (χ0n) is 10.7. The molecule has 1 atom stereocenters. The molecule has 3 N–H and O–H groups in total. The first kappa shape index (κ1) is 13.1. The predicted octanol–water partition coefficient (Wildman–Crippen LogP) is 3.50. The Labute approximate surface area is 124 Å². The number of nitrogens with two attached hydrogens (primary N) is 1. The van der Waals surface area contributed by atoms with Crippen molar-refractivity contribution in [1.82, 2.24) is 15.0 Å². The van der Waals surface area contributed by atoms with Crippen molar-refractivity contribution >= 4 is 44.9 Å². The minimum Gasteiger partial charge on any atom is -0.368 e. The highest BCUT2D eigenvalue weighted by Gasteiger charge is 2.11. The van der Waals surface area contributed by atoms with Gasteiger partial charge in [-0.25, -0.2) is 0 Å². The zero-order valence-corrected chi connectivity index (χ0v) is 12.2. The highest BCUT2D eigenvalue weighted by Crippen LogP contribution is 2.30. The Hall–Kier alpha value is -1.92. The summed E-state index contributed by atoms with van der Waals surface area (Å²) in [4.78, 5) is 13.0. The van der Waals surface area contributed by atoms with Crippen molar-refractivity contribution in [3.05, 3.63) is 40.5 Å². The number of halogens is 1. The molecule has 2 heterocycles. The van der Waals surface area contributed by atoms with Crippen LogP contribution < -0.4 is 11.1 Å². The average Bonchev–Trinajstić information content (AvgIpc) is 2.81. The Bertz CT molecular complexity index is 704. The van der Waals surface area contributed by atoms with E-state index in [9.17, 15) is 0 Å². The number of hydrogen-bond donors (Lipinski definition) is 2. The Morgan fingerprint density at radius 3 is 2.80 bits per heavy atom. The van der Waals surface area contributed by atoms with Gasteiger partial charge in [-0.1, -0.05) is 18.2 Å². The van der Waals surface area contributed by atoms with Gasteiger partial charge in [0.05, 0.1) is 6.04 Å². The largest absolute Gasteiger partial charge is 0.368 e. The molecule has 0 saturated heterocycles. The summed E-state index contributed by atoms with van der Waals surface area (Å²) in [6.45, 7) is 2.04. The number of nitrogens with one attached hydrogen (secondary N) is 1. The number of fused-ring (bicyclic) bond motifs is 1.